The van der Waals surface area contributed by atoms with Crippen molar-refractivity contribution in [1.29, 1.82) is 0 Å². The van der Waals surface area contributed by atoms with Crippen LogP contribution >= 0.6 is 0 Å². The molecule has 0 aliphatic carbocycles. The Balaban J connectivity index is 2.39. The van der Waals surface area contributed by atoms with E-state index in [1.165, 1.54) is 0 Å². The zero-order valence-corrected chi connectivity index (χ0v) is 9.95. The third-order valence-electron chi connectivity index (χ3n) is 2.35. The largest absolute Gasteiger partial charge is 0.444 e. The van der Waals surface area contributed by atoms with Gasteiger partial charge in [-0.3, -0.25) is 0 Å². The first kappa shape index (κ1) is 12.3. The molecule has 1 rings (SSSR count). The van der Waals surface area contributed by atoms with Gasteiger partial charge in [-0.2, -0.15) is 0 Å². The second kappa shape index (κ2) is 4.84. The molecule has 1 heterocycles. The molecule has 1 saturated heterocycles. The van der Waals surface area contributed by atoms with Crippen LogP contribution in [0.2, 0.25) is 0 Å². The number of carbonyl (C=O) groups excluding carboxylic acids is 1. The standard InChI is InChI=1S/C11H22N2O2/c1-11(2,3)8-13-7-9(5-4-6-12)15-10(13)14/h9H,4-8,12H2,1-3H3. The molecule has 1 atom stereocenters. The highest BCUT2D eigenvalue weighted by Crippen LogP contribution is 2.21. The van der Waals surface area contributed by atoms with E-state index in [9.17, 15) is 4.79 Å². The third kappa shape index (κ3) is 4.08. The molecule has 2 N–H and O–H groups in total. The average Bonchev–Trinajstić information content (AvgIpc) is 2.41. The van der Waals surface area contributed by atoms with Crippen LogP contribution in [0.3, 0.4) is 0 Å². The predicted octanol–water partition coefficient (Wildman–Crippen LogP) is 1.59. The van der Waals surface area contributed by atoms with Crippen LogP contribution in [0, 0.1) is 5.41 Å². The molecule has 0 spiro atoms. The fourth-order valence-electron chi connectivity index (χ4n) is 1.77. The van der Waals surface area contributed by atoms with Crippen molar-refractivity contribution in [1.82, 2.24) is 4.90 Å². The predicted molar refractivity (Wildman–Crippen MR) is 59.6 cm³/mol. The SMILES string of the molecule is CC(C)(C)CN1CC(CCCN)OC1=O. The summed E-state index contributed by atoms with van der Waals surface area (Å²) in [4.78, 5) is 13.3. The molecule has 0 aromatic heterocycles. The van der Waals surface area contributed by atoms with Crippen LogP contribution in [0.15, 0.2) is 0 Å². The van der Waals surface area contributed by atoms with Gasteiger partial charge in [-0.25, -0.2) is 4.79 Å². The van der Waals surface area contributed by atoms with E-state index in [0.717, 1.165) is 25.9 Å². The van der Waals surface area contributed by atoms with Gasteiger partial charge in [-0.05, 0) is 24.8 Å². The van der Waals surface area contributed by atoms with Crippen LogP contribution in [-0.2, 0) is 4.74 Å². The van der Waals surface area contributed by atoms with Crippen molar-refractivity contribution in [3.8, 4) is 0 Å². The summed E-state index contributed by atoms with van der Waals surface area (Å²) in [6.45, 7) is 8.49. The quantitative estimate of drug-likeness (QED) is 0.773. The van der Waals surface area contributed by atoms with E-state index in [4.69, 9.17) is 10.5 Å². The van der Waals surface area contributed by atoms with Gasteiger partial charge in [0.25, 0.3) is 0 Å². The summed E-state index contributed by atoms with van der Waals surface area (Å²) < 4.78 is 5.25. The van der Waals surface area contributed by atoms with Crippen molar-refractivity contribution in [2.45, 2.75) is 39.7 Å². The topological polar surface area (TPSA) is 55.6 Å². The van der Waals surface area contributed by atoms with Gasteiger partial charge in [-0.15, -0.1) is 0 Å². The number of hydrogen-bond donors (Lipinski definition) is 1. The van der Waals surface area contributed by atoms with Gasteiger partial charge in [-0.1, -0.05) is 20.8 Å². The maximum atomic E-state index is 11.5. The Morgan fingerprint density at radius 2 is 2.20 bits per heavy atom. The van der Waals surface area contributed by atoms with E-state index in [-0.39, 0.29) is 17.6 Å². The highest BCUT2D eigenvalue weighted by molar-refractivity contribution is 5.69. The van der Waals surface area contributed by atoms with E-state index in [0.29, 0.717) is 6.54 Å². The molecule has 1 fully saturated rings. The van der Waals surface area contributed by atoms with E-state index >= 15 is 0 Å². The fraction of sp³-hybridized carbons (Fsp3) is 0.909. The normalized spacial score (nSPS) is 22.0. The molecule has 15 heavy (non-hydrogen) atoms. The van der Waals surface area contributed by atoms with Gasteiger partial charge in [0, 0.05) is 6.54 Å². The van der Waals surface area contributed by atoms with Crippen LogP contribution in [0.1, 0.15) is 33.6 Å². The Hall–Kier alpha value is -0.770. The minimum atomic E-state index is -0.174. The minimum absolute atomic E-state index is 0.0448. The van der Waals surface area contributed by atoms with Crippen LogP contribution in [-0.4, -0.2) is 36.7 Å². The lowest BCUT2D eigenvalue weighted by molar-refractivity contribution is 0.124. The zero-order chi connectivity index (χ0) is 11.5. The average molecular weight is 214 g/mol. The number of cyclic esters (lactones) is 1. The van der Waals surface area contributed by atoms with Crippen LogP contribution in [0.25, 0.3) is 0 Å². The number of rotatable bonds is 4. The summed E-state index contributed by atoms with van der Waals surface area (Å²) in [5.74, 6) is 0. The molecule has 0 aromatic carbocycles. The molecule has 0 saturated carbocycles. The maximum absolute atomic E-state index is 11.5. The summed E-state index contributed by atoms with van der Waals surface area (Å²) in [6.07, 6.45) is 1.67. The van der Waals surface area contributed by atoms with Crippen LogP contribution < -0.4 is 5.73 Å². The van der Waals surface area contributed by atoms with Crippen LogP contribution in [0.4, 0.5) is 4.79 Å². The van der Waals surface area contributed by atoms with Crippen molar-refractivity contribution in [2.75, 3.05) is 19.6 Å². The van der Waals surface area contributed by atoms with Crippen molar-refractivity contribution >= 4 is 6.09 Å². The van der Waals surface area contributed by atoms with E-state index in [1.807, 2.05) is 0 Å². The Kier molecular flexibility index (Phi) is 3.97. The molecule has 0 bridgehead atoms. The Bertz CT molecular complexity index is 223. The third-order valence-corrected chi connectivity index (χ3v) is 2.35. The molecule has 0 radical (unpaired) electrons. The number of ether oxygens (including phenoxy) is 1. The van der Waals surface area contributed by atoms with Gasteiger partial charge in [0.15, 0.2) is 0 Å². The Morgan fingerprint density at radius 1 is 1.53 bits per heavy atom. The fourth-order valence-corrected chi connectivity index (χ4v) is 1.77. The summed E-state index contributed by atoms with van der Waals surface area (Å²) in [5.41, 5.74) is 5.55. The molecule has 1 amide bonds. The highest BCUT2D eigenvalue weighted by atomic mass is 16.6. The van der Waals surface area contributed by atoms with Crippen molar-refractivity contribution < 1.29 is 9.53 Å². The van der Waals surface area contributed by atoms with E-state index < -0.39 is 0 Å². The summed E-state index contributed by atoms with van der Waals surface area (Å²) in [7, 11) is 0. The molecule has 4 heteroatoms. The summed E-state index contributed by atoms with van der Waals surface area (Å²) in [5, 5.41) is 0. The maximum Gasteiger partial charge on any atom is 0.410 e. The second-order valence-electron chi connectivity index (χ2n) is 5.38. The lowest BCUT2D eigenvalue weighted by atomic mass is 9.96. The molecular weight excluding hydrogens is 192 g/mol. The lowest BCUT2D eigenvalue weighted by Crippen LogP contribution is -2.33. The minimum Gasteiger partial charge on any atom is -0.444 e. The Morgan fingerprint density at radius 3 is 2.73 bits per heavy atom. The summed E-state index contributed by atoms with van der Waals surface area (Å²) >= 11 is 0. The molecule has 0 aromatic rings. The number of amides is 1. The van der Waals surface area contributed by atoms with Gasteiger partial charge in [0.1, 0.15) is 6.10 Å². The molecule has 1 aliphatic heterocycles. The highest BCUT2D eigenvalue weighted by Gasteiger charge is 2.32. The van der Waals surface area contributed by atoms with Crippen LogP contribution in [0.5, 0.6) is 0 Å². The number of nitrogens with zero attached hydrogens (tertiary/aromatic N) is 1. The first-order valence-corrected chi connectivity index (χ1v) is 5.58. The van der Waals surface area contributed by atoms with Gasteiger partial charge in [0.05, 0.1) is 6.54 Å². The first-order chi connectivity index (χ1) is 6.92. The van der Waals surface area contributed by atoms with Crippen molar-refractivity contribution in [3.05, 3.63) is 0 Å². The molecule has 4 nitrogen and oxygen atoms in total. The molecular formula is C11H22N2O2. The molecule has 1 unspecified atom stereocenters. The zero-order valence-electron chi connectivity index (χ0n) is 9.95. The first-order valence-electron chi connectivity index (χ1n) is 5.58. The smallest absolute Gasteiger partial charge is 0.410 e. The van der Waals surface area contributed by atoms with E-state index in [2.05, 4.69) is 20.8 Å². The number of carbonyl (C=O) groups is 1. The molecule has 88 valence electrons. The Labute approximate surface area is 91.8 Å². The molecule has 1 aliphatic rings. The van der Waals surface area contributed by atoms with E-state index in [1.54, 1.807) is 4.90 Å². The number of hydrogen-bond acceptors (Lipinski definition) is 3. The lowest BCUT2D eigenvalue weighted by Gasteiger charge is -2.24. The monoisotopic (exact) mass is 214 g/mol. The van der Waals surface area contributed by atoms with Crippen molar-refractivity contribution in [2.24, 2.45) is 11.1 Å². The van der Waals surface area contributed by atoms with Gasteiger partial charge >= 0.3 is 6.09 Å². The van der Waals surface area contributed by atoms with Gasteiger partial charge < -0.3 is 15.4 Å². The summed E-state index contributed by atoms with van der Waals surface area (Å²) in [6, 6.07) is 0. The second-order valence-corrected chi connectivity index (χ2v) is 5.38. The van der Waals surface area contributed by atoms with Gasteiger partial charge in [0.2, 0.25) is 0 Å². The number of nitrogens with two attached hydrogens (primary N) is 1. The van der Waals surface area contributed by atoms with Crippen molar-refractivity contribution in [3.63, 3.8) is 0 Å².